The Morgan fingerprint density at radius 1 is 1.40 bits per heavy atom. The number of amides is 2. The van der Waals surface area contributed by atoms with Crippen LogP contribution in [0.15, 0.2) is 30.6 Å². The molecule has 0 spiro atoms. The number of hydrogen-bond donors (Lipinski definition) is 1. The highest BCUT2D eigenvalue weighted by atomic mass is 35.5. The van der Waals surface area contributed by atoms with Gasteiger partial charge in [-0.15, -0.1) is 0 Å². The highest BCUT2D eigenvalue weighted by molar-refractivity contribution is 6.30. The molecule has 2 aromatic rings. The number of benzene rings is 1. The molecule has 5 nitrogen and oxygen atoms in total. The Morgan fingerprint density at radius 2 is 2.16 bits per heavy atom. The molecule has 2 amide bonds. The first-order valence-electron chi connectivity index (χ1n) is 8.51. The molecule has 0 radical (unpaired) electrons. The zero-order valence-corrected chi connectivity index (χ0v) is 15.0. The van der Waals surface area contributed by atoms with Crippen LogP contribution in [0.2, 0.25) is 5.02 Å². The summed E-state index contributed by atoms with van der Waals surface area (Å²) >= 11 is 5.65. The lowest BCUT2D eigenvalue weighted by molar-refractivity contribution is 0.178. The fraction of sp³-hybridized carbons (Fsp3) is 0.444. The number of likely N-dealkylation sites (tertiary alicyclic amines) is 1. The summed E-state index contributed by atoms with van der Waals surface area (Å²) in [6.07, 6.45) is 6.88. The number of rotatable bonds is 4. The maximum atomic E-state index is 13.4. The van der Waals surface area contributed by atoms with Crippen molar-refractivity contribution >= 4 is 23.3 Å². The van der Waals surface area contributed by atoms with Crippen molar-refractivity contribution in [2.45, 2.75) is 32.7 Å². The third-order valence-electron chi connectivity index (χ3n) is 4.77. The van der Waals surface area contributed by atoms with E-state index in [4.69, 9.17) is 11.6 Å². The van der Waals surface area contributed by atoms with E-state index >= 15 is 0 Å². The average Bonchev–Trinajstić information content (AvgIpc) is 3.02. The van der Waals surface area contributed by atoms with E-state index in [1.165, 1.54) is 12.1 Å². The molecule has 0 saturated carbocycles. The van der Waals surface area contributed by atoms with Crippen LogP contribution in [-0.2, 0) is 6.54 Å². The van der Waals surface area contributed by atoms with E-state index in [0.29, 0.717) is 11.6 Å². The molecule has 1 aromatic heterocycles. The van der Waals surface area contributed by atoms with E-state index in [0.717, 1.165) is 44.7 Å². The van der Waals surface area contributed by atoms with Gasteiger partial charge in [0.2, 0.25) is 0 Å². The lowest BCUT2D eigenvalue weighted by atomic mass is 9.93. The van der Waals surface area contributed by atoms with E-state index in [1.54, 1.807) is 11.0 Å². The van der Waals surface area contributed by atoms with Crippen LogP contribution in [0.4, 0.5) is 14.9 Å². The number of halogens is 2. The summed E-state index contributed by atoms with van der Waals surface area (Å²) in [4.78, 5) is 18.3. The molecule has 0 atom stereocenters. The third-order valence-corrected chi connectivity index (χ3v) is 5.08. The minimum atomic E-state index is -0.534. The molecule has 1 saturated heterocycles. The smallest absolute Gasteiger partial charge is 0.321 e. The van der Waals surface area contributed by atoms with Crippen LogP contribution in [0.25, 0.3) is 0 Å². The van der Waals surface area contributed by atoms with Gasteiger partial charge in [0.15, 0.2) is 0 Å². The first-order chi connectivity index (χ1) is 12.0. The van der Waals surface area contributed by atoms with Crippen molar-refractivity contribution in [3.8, 4) is 0 Å². The minimum Gasteiger partial charge on any atom is -0.335 e. The molecular weight excluding hydrogens is 343 g/mol. The lowest BCUT2D eigenvalue weighted by Crippen LogP contribution is -2.41. The first kappa shape index (κ1) is 17.7. The van der Waals surface area contributed by atoms with Crippen LogP contribution in [0.1, 0.15) is 25.1 Å². The van der Waals surface area contributed by atoms with Gasteiger partial charge in [-0.05, 0) is 50.3 Å². The summed E-state index contributed by atoms with van der Waals surface area (Å²) in [5.74, 6) is 1.11. The second-order valence-electron chi connectivity index (χ2n) is 6.45. The van der Waals surface area contributed by atoms with Crippen LogP contribution in [-0.4, -0.2) is 33.6 Å². The van der Waals surface area contributed by atoms with Gasteiger partial charge in [-0.1, -0.05) is 11.6 Å². The molecular formula is C18H22ClFN4O. The molecule has 25 heavy (non-hydrogen) atoms. The zero-order valence-electron chi connectivity index (χ0n) is 14.2. The highest BCUT2D eigenvalue weighted by Gasteiger charge is 2.23. The van der Waals surface area contributed by atoms with E-state index in [1.807, 2.05) is 19.3 Å². The van der Waals surface area contributed by atoms with Crippen molar-refractivity contribution in [3.63, 3.8) is 0 Å². The number of aryl methyl sites for hydroxylation is 2. The summed E-state index contributed by atoms with van der Waals surface area (Å²) in [5, 5.41) is 2.78. The van der Waals surface area contributed by atoms with E-state index in [-0.39, 0.29) is 11.1 Å². The molecule has 1 N–H and O–H groups in total. The number of aromatic nitrogens is 2. The largest absolute Gasteiger partial charge is 0.335 e. The SMILES string of the molecule is Cc1nccn1CCC1CCN(C(=O)Nc2ccc(Cl)c(F)c2)CC1. The Labute approximate surface area is 151 Å². The summed E-state index contributed by atoms with van der Waals surface area (Å²) in [6, 6.07) is 4.09. The predicted octanol–water partition coefficient (Wildman–Crippen LogP) is 4.32. The molecule has 0 bridgehead atoms. The van der Waals surface area contributed by atoms with Gasteiger partial charge in [0.1, 0.15) is 11.6 Å². The van der Waals surface area contributed by atoms with Gasteiger partial charge in [-0.3, -0.25) is 0 Å². The van der Waals surface area contributed by atoms with Crippen LogP contribution in [0, 0.1) is 18.7 Å². The highest BCUT2D eigenvalue weighted by Crippen LogP contribution is 2.23. The second-order valence-corrected chi connectivity index (χ2v) is 6.85. The summed E-state index contributed by atoms with van der Waals surface area (Å²) in [7, 11) is 0. The van der Waals surface area contributed by atoms with Crippen molar-refractivity contribution in [3.05, 3.63) is 47.3 Å². The van der Waals surface area contributed by atoms with Gasteiger partial charge in [-0.25, -0.2) is 14.2 Å². The number of piperidine rings is 1. The molecule has 1 fully saturated rings. The first-order valence-corrected chi connectivity index (χ1v) is 8.89. The van der Waals surface area contributed by atoms with Gasteiger partial charge >= 0.3 is 6.03 Å². The molecule has 1 aromatic carbocycles. The van der Waals surface area contributed by atoms with Crippen LogP contribution >= 0.6 is 11.6 Å². The van der Waals surface area contributed by atoms with Gasteiger partial charge in [0.25, 0.3) is 0 Å². The molecule has 1 aliphatic heterocycles. The van der Waals surface area contributed by atoms with E-state index in [9.17, 15) is 9.18 Å². The lowest BCUT2D eigenvalue weighted by Gasteiger charge is -2.32. The maximum Gasteiger partial charge on any atom is 0.321 e. The fourth-order valence-corrected chi connectivity index (χ4v) is 3.28. The van der Waals surface area contributed by atoms with Gasteiger partial charge in [0.05, 0.1) is 5.02 Å². The molecule has 0 unspecified atom stereocenters. The monoisotopic (exact) mass is 364 g/mol. The van der Waals surface area contributed by atoms with Crippen molar-refractivity contribution in [1.29, 1.82) is 0 Å². The predicted molar refractivity (Wildman–Crippen MR) is 96.3 cm³/mol. The van der Waals surface area contributed by atoms with Crippen LogP contribution in [0.3, 0.4) is 0 Å². The Morgan fingerprint density at radius 3 is 2.80 bits per heavy atom. The van der Waals surface area contributed by atoms with E-state index in [2.05, 4.69) is 14.9 Å². The van der Waals surface area contributed by atoms with Crippen LogP contribution < -0.4 is 5.32 Å². The number of nitrogens with one attached hydrogen (secondary N) is 1. The average molecular weight is 365 g/mol. The summed E-state index contributed by atoms with van der Waals surface area (Å²) in [5.41, 5.74) is 0.421. The van der Waals surface area contributed by atoms with Crippen molar-refractivity contribution in [1.82, 2.24) is 14.5 Å². The molecule has 7 heteroatoms. The Hall–Kier alpha value is -2.08. The Balaban J connectivity index is 1.45. The van der Waals surface area contributed by atoms with Crippen LogP contribution in [0.5, 0.6) is 0 Å². The van der Waals surface area contributed by atoms with Crippen molar-refractivity contribution < 1.29 is 9.18 Å². The molecule has 2 heterocycles. The zero-order chi connectivity index (χ0) is 17.8. The number of hydrogen-bond acceptors (Lipinski definition) is 2. The summed E-state index contributed by atoms with van der Waals surface area (Å²) < 4.78 is 15.6. The standard InChI is InChI=1S/C18H22ClFN4O/c1-13-21-7-11-23(13)8-4-14-5-9-24(10-6-14)18(25)22-15-2-3-16(19)17(20)12-15/h2-3,7,11-12,14H,4-6,8-10H2,1H3,(H,22,25). The molecule has 1 aliphatic rings. The molecule has 3 rings (SSSR count). The number of anilines is 1. The van der Waals surface area contributed by atoms with Gasteiger partial charge in [0, 0.05) is 37.7 Å². The number of carbonyl (C=O) groups is 1. The van der Waals surface area contributed by atoms with E-state index < -0.39 is 5.82 Å². The third kappa shape index (κ3) is 4.51. The van der Waals surface area contributed by atoms with Gasteiger partial charge in [-0.2, -0.15) is 0 Å². The number of nitrogens with zero attached hydrogens (tertiary/aromatic N) is 3. The minimum absolute atomic E-state index is 0.0481. The second kappa shape index (κ2) is 7.87. The normalized spacial score (nSPS) is 15.4. The van der Waals surface area contributed by atoms with Gasteiger partial charge < -0.3 is 14.8 Å². The Kier molecular flexibility index (Phi) is 5.58. The molecule has 0 aliphatic carbocycles. The topological polar surface area (TPSA) is 50.2 Å². The molecule has 134 valence electrons. The number of urea groups is 1. The number of imidazole rings is 1. The Bertz CT molecular complexity index is 740. The quantitative estimate of drug-likeness (QED) is 0.878. The summed E-state index contributed by atoms with van der Waals surface area (Å²) in [6.45, 7) is 4.41. The fourth-order valence-electron chi connectivity index (χ4n) is 3.16. The van der Waals surface area contributed by atoms with Crippen molar-refractivity contribution in [2.75, 3.05) is 18.4 Å². The number of carbonyl (C=O) groups excluding carboxylic acids is 1. The maximum absolute atomic E-state index is 13.4. The van der Waals surface area contributed by atoms with Crippen molar-refractivity contribution in [2.24, 2.45) is 5.92 Å².